The van der Waals surface area contributed by atoms with Gasteiger partial charge >= 0.3 is 0 Å². The summed E-state index contributed by atoms with van der Waals surface area (Å²) in [6, 6.07) is 1.82. The molecule has 1 aromatic carbocycles. The molecule has 1 rings (SSSR count). The molecule has 0 saturated carbocycles. The summed E-state index contributed by atoms with van der Waals surface area (Å²) in [6.07, 6.45) is 0. The van der Waals surface area contributed by atoms with Crippen LogP contribution in [0.5, 0.6) is 0 Å². The second-order valence-corrected chi connectivity index (χ2v) is 3.21. The number of benzene rings is 1. The molecule has 84 valence electrons. The van der Waals surface area contributed by atoms with Gasteiger partial charge in [0.15, 0.2) is 0 Å². The number of hydrogen-bond donors (Lipinski definition) is 1. The minimum Gasteiger partial charge on any atom is -0.324 e. The zero-order valence-corrected chi connectivity index (χ0v) is 9.18. The van der Waals surface area contributed by atoms with E-state index in [1.165, 1.54) is 19.1 Å². The van der Waals surface area contributed by atoms with Crippen LogP contribution in [0.2, 0.25) is 0 Å². The van der Waals surface area contributed by atoms with E-state index in [-0.39, 0.29) is 29.2 Å². The smallest absolute Gasteiger partial charge is 0.270 e. The molecule has 6 heteroatoms. The quantitative estimate of drug-likeness (QED) is 0.631. The molecule has 0 unspecified atom stereocenters. The zero-order valence-electron chi connectivity index (χ0n) is 8.36. The van der Waals surface area contributed by atoms with Crippen molar-refractivity contribution in [3.63, 3.8) is 0 Å². The van der Waals surface area contributed by atoms with Crippen molar-refractivity contribution in [3.05, 3.63) is 39.2 Å². The number of aryl methyl sites for hydroxylation is 1. The van der Waals surface area contributed by atoms with E-state index in [1.54, 1.807) is 6.92 Å². The predicted molar refractivity (Wildman–Crippen MR) is 57.6 cm³/mol. The molecule has 0 aliphatic rings. The van der Waals surface area contributed by atoms with Crippen LogP contribution in [-0.2, 0) is 0 Å². The molecule has 0 aromatic heterocycles. The van der Waals surface area contributed by atoms with Crippen LogP contribution in [0.15, 0.2) is 12.1 Å². The van der Waals surface area contributed by atoms with Gasteiger partial charge < -0.3 is 5.73 Å². The summed E-state index contributed by atoms with van der Waals surface area (Å²) in [5.74, 6) is -0.467. The lowest BCUT2D eigenvalue weighted by molar-refractivity contribution is -0.385. The average Bonchev–Trinajstić information content (AvgIpc) is 2.08. The first-order valence-corrected chi connectivity index (χ1v) is 4.13. The van der Waals surface area contributed by atoms with Crippen molar-refractivity contribution in [2.24, 2.45) is 5.73 Å². The minimum atomic E-state index is -0.557. The number of rotatable bonds is 2. The fourth-order valence-corrected chi connectivity index (χ4v) is 1.21. The summed E-state index contributed by atoms with van der Waals surface area (Å²) in [6.45, 7) is 3.07. The molecule has 0 fully saturated rings. The van der Waals surface area contributed by atoms with E-state index >= 15 is 0 Å². The highest BCUT2D eigenvalue weighted by atomic mass is 35.5. The van der Waals surface area contributed by atoms with Crippen molar-refractivity contribution in [1.82, 2.24) is 0 Å². The maximum absolute atomic E-state index is 13.4. The van der Waals surface area contributed by atoms with Crippen molar-refractivity contribution in [1.29, 1.82) is 0 Å². The molecule has 0 amide bonds. The van der Waals surface area contributed by atoms with Crippen LogP contribution in [0.1, 0.15) is 24.1 Å². The Labute approximate surface area is 92.8 Å². The highest BCUT2D eigenvalue weighted by molar-refractivity contribution is 5.85. The van der Waals surface area contributed by atoms with Crippen molar-refractivity contribution >= 4 is 18.1 Å². The summed E-state index contributed by atoms with van der Waals surface area (Å²) >= 11 is 0. The number of non-ortho nitro benzene ring substituents is 1. The molecule has 0 heterocycles. The lowest BCUT2D eigenvalue weighted by Gasteiger charge is -2.08. The number of nitro benzene ring substituents is 1. The Morgan fingerprint density at radius 2 is 2.07 bits per heavy atom. The zero-order chi connectivity index (χ0) is 10.9. The number of hydrogen-bond acceptors (Lipinski definition) is 3. The van der Waals surface area contributed by atoms with E-state index in [0.717, 1.165) is 0 Å². The van der Waals surface area contributed by atoms with Crippen LogP contribution in [0.25, 0.3) is 0 Å². The molecule has 4 nitrogen and oxygen atoms in total. The van der Waals surface area contributed by atoms with E-state index in [0.29, 0.717) is 0 Å². The lowest BCUT2D eigenvalue weighted by atomic mass is 10.0. The third kappa shape index (κ3) is 2.87. The topological polar surface area (TPSA) is 69.2 Å². The van der Waals surface area contributed by atoms with Crippen LogP contribution in [0.4, 0.5) is 10.1 Å². The van der Waals surface area contributed by atoms with Gasteiger partial charge in [0.1, 0.15) is 5.82 Å². The Morgan fingerprint density at radius 1 is 1.53 bits per heavy atom. The molecule has 0 spiro atoms. The maximum Gasteiger partial charge on any atom is 0.270 e. The first kappa shape index (κ1) is 13.8. The monoisotopic (exact) mass is 234 g/mol. The van der Waals surface area contributed by atoms with E-state index in [2.05, 4.69) is 0 Å². The van der Waals surface area contributed by atoms with Gasteiger partial charge in [-0.15, -0.1) is 12.4 Å². The normalized spacial score (nSPS) is 11.7. The van der Waals surface area contributed by atoms with Gasteiger partial charge in [-0.3, -0.25) is 10.1 Å². The molecule has 15 heavy (non-hydrogen) atoms. The van der Waals surface area contributed by atoms with E-state index < -0.39 is 16.8 Å². The molecule has 0 radical (unpaired) electrons. The summed E-state index contributed by atoms with van der Waals surface area (Å²) in [7, 11) is 0. The second-order valence-electron chi connectivity index (χ2n) is 3.21. The van der Waals surface area contributed by atoms with Crippen LogP contribution < -0.4 is 5.73 Å². The van der Waals surface area contributed by atoms with Gasteiger partial charge in [0.05, 0.1) is 4.92 Å². The van der Waals surface area contributed by atoms with Gasteiger partial charge in [-0.05, 0) is 19.4 Å². The molecule has 0 aliphatic carbocycles. The van der Waals surface area contributed by atoms with Gasteiger partial charge in [-0.2, -0.15) is 0 Å². The standard InChI is InChI=1S/C9H11FN2O2.ClH/c1-5-3-7(12(13)14)4-8(6(2)11)9(5)10;/h3-4,6H,11H2,1-2H3;1H/t6-;/m1./s1. The summed E-state index contributed by atoms with van der Waals surface area (Å²) in [5, 5.41) is 10.5. The first-order valence-electron chi connectivity index (χ1n) is 4.13. The summed E-state index contributed by atoms with van der Waals surface area (Å²) < 4.78 is 13.4. The number of nitrogens with zero attached hydrogens (tertiary/aromatic N) is 1. The van der Waals surface area contributed by atoms with Crippen molar-refractivity contribution in [2.45, 2.75) is 19.9 Å². The minimum absolute atomic E-state index is 0. The predicted octanol–water partition coefficient (Wildman–Crippen LogP) is 2.48. The summed E-state index contributed by atoms with van der Waals surface area (Å²) in [5.41, 5.74) is 5.78. The summed E-state index contributed by atoms with van der Waals surface area (Å²) in [4.78, 5) is 9.92. The van der Waals surface area contributed by atoms with Gasteiger partial charge in [0.25, 0.3) is 5.69 Å². The average molecular weight is 235 g/mol. The van der Waals surface area contributed by atoms with Crippen molar-refractivity contribution in [3.8, 4) is 0 Å². The molecule has 0 bridgehead atoms. The van der Waals surface area contributed by atoms with E-state index in [9.17, 15) is 14.5 Å². The van der Waals surface area contributed by atoms with Gasteiger partial charge in [-0.1, -0.05) is 0 Å². The van der Waals surface area contributed by atoms with Crippen LogP contribution >= 0.6 is 12.4 Å². The Kier molecular flexibility index (Phi) is 4.64. The third-order valence-electron chi connectivity index (χ3n) is 1.97. The Hall–Kier alpha value is -1.20. The molecular weight excluding hydrogens is 223 g/mol. The van der Waals surface area contributed by atoms with E-state index in [1.807, 2.05) is 0 Å². The van der Waals surface area contributed by atoms with Crippen LogP contribution in [-0.4, -0.2) is 4.92 Å². The highest BCUT2D eigenvalue weighted by Crippen LogP contribution is 2.24. The number of halogens is 2. The number of nitro groups is 1. The fourth-order valence-electron chi connectivity index (χ4n) is 1.21. The molecule has 0 aliphatic heterocycles. The Bertz CT molecular complexity index is 383. The SMILES string of the molecule is Cc1cc([N+](=O)[O-])cc([C@@H](C)N)c1F.Cl. The van der Waals surface area contributed by atoms with Crippen molar-refractivity contribution < 1.29 is 9.31 Å². The van der Waals surface area contributed by atoms with Crippen LogP contribution in [0.3, 0.4) is 0 Å². The molecular formula is C9H12ClFN2O2. The van der Waals surface area contributed by atoms with Gasteiger partial charge in [-0.25, -0.2) is 4.39 Å². The largest absolute Gasteiger partial charge is 0.324 e. The second kappa shape index (κ2) is 5.04. The molecule has 2 N–H and O–H groups in total. The third-order valence-corrected chi connectivity index (χ3v) is 1.97. The van der Waals surface area contributed by atoms with Gasteiger partial charge in [0.2, 0.25) is 0 Å². The van der Waals surface area contributed by atoms with Gasteiger partial charge in [0, 0.05) is 23.7 Å². The van der Waals surface area contributed by atoms with Crippen LogP contribution in [0, 0.1) is 22.9 Å². The Balaban J connectivity index is 0.00000196. The molecule has 1 atom stereocenters. The lowest BCUT2D eigenvalue weighted by Crippen LogP contribution is -2.09. The molecule has 0 saturated heterocycles. The Morgan fingerprint density at radius 3 is 2.47 bits per heavy atom. The number of nitrogens with two attached hydrogens (primary N) is 1. The first-order chi connectivity index (χ1) is 6.43. The highest BCUT2D eigenvalue weighted by Gasteiger charge is 2.16. The van der Waals surface area contributed by atoms with Crippen molar-refractivity contribution in [2.75, 3.05) is 0 Å². The maximum atomic E-state index is 13.4. The molecule has 1 aromatic rings. The van der Waals surface area contributed by atoms with E-state index in [4.69, 9.17) is 5.73 Å². The fraction of sp³-hybridized carbons (Fsp3) is 0.333.